The molecule has 0 atom stereocenters. The van der Waals surface area contributed by atoms with E-state index in [4.69, 9.17) is 4.74 Å². The third-order valence-electron chi connectivity index (χ3n) is 3.16. The molecule has 2 aromatic rings. The Morgan fingerprint density at radius 2 is 1.79 bits per heavy atom. The first-order valence-corrected chi connectivity index (χ1v) is 9.82. The third-order valence-corrected chi connectivity index (χ3v) is 4.92. The van der Waals surface area contributed by atoms with Crippen molar-refractivity contribution in [2.75, 3.05) is 6.61 Å². The van der Waals surface area contributed by atoms with Crippen molar-refractivity contribution in [1.29, 1.82) is 0 Å². The Morgan fingerprint density at radius 1 is 1.12 bits per heavy atom. The van der Waals surface area contributed by atoms with Crippen molar-refractivity contribution in [2.24, 2.45) is 5.10 Å². The molecule has 0 aliphatic heterocycles. The summed E-state index contributed by atoms with van der Waals surface area (Å²) >= 11 is 3.27. The van der Waals surface area contributed by atoms with Crippen LogP contribution in [0.25, 0.3) is 0 Å². The fourth-order valence-corrected chi connectivity index (χ4v) is 2.88. The van der Waals surface area contributed by atoms with Crippen molar-refractivity contribution in [3.63, 3.8) is 0 Å². The van der Waals surface area contributed by atoms with Gasteiger partial charge in [0.1, 0.15) is 5.75 Å². The summed E-state index contributed by atoms with van der Waals surface area (Å²) in [6.07, 6.45) is 3.55. The molecule has 7 heteroatoms. The van der Waals surface area contributed by atoms with Gasteiger partial charge in [0.15, 0.2) is 0 Å². The average Bonchev–Trinajstić information content (AvgIpc) is 2.57. The maximum atomic E-state index is 12.1. The lowest BCUT2D eigenvalue weighted by atomic mass is 10.2. The molecule has 5 nitrogen and oxygen atoms in total. The monoisotopic (exact) mass is 410 g/mol. The summed E-state index contributed by atoms with van der Waals surface area (Å²) in [5.74, 6) is 0.788. The van der Waals surface area contributed by atoms with Gasteiger partial charge in [-0.3, -0.25) is 0 Å². The van der Waals surface area contributed by atoms with Crippen LogP contribution in [0.3, 0.4) is 0 Å². The van der Waals surface area contributed by atoms with Crippen LogP contribution in [0.15, 0.2) is 63.0 Å². The maximum absolute atomic E-state index is 12.1. The van der Waals surface area contributed by atoms with Crippen LogP contribution in [-0.2, 0) is 10.0 Å². The molecular formula is C17H19BrN2O3S. The van der Waals surface area contributed by atoms with Crippen LogP contribution in [0.1, 0.15) is 25.3 Å². The number of nitrogens with one attached hydrogen (secondary N) is 1. The van der Waals surface area contributed by atoms with Gasteiger partial charge in [-0.25, -0.2) is 4.83 Å². The van der Waals surface area contributed by atoms with E-state index in [9.17, 15) is 8.42 Å². The number of rotatable bonds is 8. The van der Waals surface area contributed by atoms with Gasteiger partial charge in [0, 0.05) is 4.47 Å². The molecule has 0 bridgehead atoms. The molecule has 1 N–H and O–H groups in total. The zero-order valence-corrected chi connectivity index (χ0v) is 15.7. The molecule has 0 saturated heterocycles. The first-order valence-electron chi connectivity index (χ1n) is 7.54. The molecule has 0 fully saturated rings. The van der Waals surface area contributed by atoms with Crippen LogP contribution in [0.4, 0.5) is 0 Å². The van der Waals surface area contributed by atoms with E-state index in [-0.39, 0.29) is 4.90 Å². The van der Waals surface area contributed by atoms with E-state index in [1.54, 1.807) is 12.1 Å². The SMILES string of the molecule is CCCCOc1ccc(C=NNS(=O)(=O)c2ccc(Br)cc2)cc1. The first-order chi connectivity index (χ1) is 11.5. The van der Waals surface area contributed by atoms with Crippen LogP contribution >= 0.6 is 15.9 Å². The minimum absolute atomic E-state index is 0.155. The van der Waals surface area contributed by atoms with Crippen LogP contribution in [0, 0.1) is 0 Å². The number of hydrogen-bond donors (Lipinski definition) is 1. The number of ether oxygens (including phenoxy) is 1. The second-order valence-electron chi connectivity index (χ2n) is 5.08. The van der Waals surface area contributed by atoms with Crippen LogP contribution in [0.2, 0.25) is 0 Å². The van der Waals surface area contributed by atoms with E-state index >= 15 is 0 Å². The van der Waals surface area contributed by atoms with Crippen molar-refractivity contribution in [3.8, 4) is 5.75 Å². The molecule has 0 radical (unpaired) electrons. The van der Waals surface area contributed by atoms with Crippen molar-refractivity contribution in [1.82, 2.24) is 4.83 Å². The molecule has 0 saturated carbocycles. The van der Waals surface area contributed by atoms with E-state index in [1.165, 1.54) is 18.3 Å². The topological polar surface area (TPSA) is 67.8 Å². The quantitative estimate of drug-likeness (QED) is 0.407. The van der Waals surface area contributed by atoms with Crippen LogP contribution < -0.4 is 9.57 Å². The molecule has 0 spiro atoms. The van der Waals surface area contributed by atoms with Crippen LogP contribution in [0.5, 0.6) is 5.75 Å². The Kier molecular flexibility index (Phi) is 6.81. The van der Waals surface area contributed by atoms with E-state index in [1.807, 2.05) is 24.3 Å². The average molecular weight is 411 g/mol. The predicted octanol–water partition coefficient (Wildman–Crippen LogP) is 3.94. The van der Waals surface area contributed by atoms with Gasteiger partial charge >= 0.3 is 0 Å². The predicted molar refractivity (Wildman–Crippen MR) is 98.9 cm³/mol. The summed E-state index contributed by atoms with van der Waals surface area (Å²) < 4.78 is 30.5. The highest BCUT2D eigenvalue weighted by Gasteiger charge is 2.11. The first kappa shape index (κ1) is 18.5. The molecular weight excluding hydrogens is 392 g/mol. The minimum atomic E-state index is -3.66. The fourth-order valence-electron chi connectivity index (χ4n) is 1.82. The van der Waals surface area contributed by atoms with Crippen molar-refractivity contribution < 1.29 is 13.2 Å². The lowest BCUT2D eigenvalue weighted by molar-refractivity contribution is 0.309. The number of hydrogen-bond acceptors (Lipinski definition) is 4. The Balaban J connectivity index is 1.94. The van der Waals surface area contributed by atoms with Crippen LogP contribution in [-0.4, -0.2) is 21.2 Å². The largest absolute Gasteiger partial charge is 0.494 e. The highest BCUT2D eigenvalue weighted by Crippen LogP contribution is 2.14. The zero-order valence-electron chi connectivity index (χ0n) is 13.3. The van der Waals surface area contributed by atoms with Gasteiger partial charge in [-0.2, -0.15) is 13.5 Å². The highest BCUT2D eigenvalue weighted by molar-refractivity contribution is 9.10. The van der Waals surface area contributed by atoms with Crippen molar-refractivity contribution in [3.05, 3.63) is 58.6 Å². The zero-order chi connectivity index (χ0) is 17.4. The van der Waals surface area contributed by atoms with Gasteiger partial charge in [0.25, 0.3) is 10.0 Å². The van der Waals surface area contributed by atoms with Gasteiger partial charge in [-0.1, -0.05) is 29.3 Å². The second kappa shape index (κ2) is 8.84. The van der Waals surface area contributed by atoms with Gasteiger partial charge < -0.3 is 4.74 Å². The number of sulfonamides is 1. The third kappa shape index (κ3) is 5.65. The molecule has 0 aromatic heterocycles. The summed E-state index contributed by atoms with van der Waals surface area (Å²) in [5.41, 5.74) is 0.774. The standard InChI is InChI=1S/C17H19BrN2O3S/c1-2-3-12-23-16-8-4-14(5-9-16)13-19-20-24(21,22)17-10-6-15(18)7-11-17/h4-11,13,20H,2-3,12H2,1H3. The molecule has 0 aliphatic carbocycles. The number of halogens is 1. The molecule has 0 unspecified atom stereocenters. The summed E-state index contributed by atoms with van der Waals surface area (Å²) in [7, 11) is -3.66. The maximum Gasteiger partial charge on any atom is 0.276 e. The lowest BCUT2D eigenvalue weighted by Crippen LogP contribution is -2.18. The van der Waals surface area contributed by atoms with Crippen molar-refractivity contribution in [2.45, 2.75) is 24.7 Å². The molecule has 2 rings (SSSR count). The smallest absolute Gasteiger partial charge is 0.276 e. The van der Waals surface area contributed by atoms with Gasteiger partial charge in [-0.15, -0.1) is 0 Å². The van der Waals surface area contributed by atoms with E-state index in [0.29, 0.717) is 6.61 Å². The molecule has 0 heterocycles. The molecule has 24 heavy (non-hydrogen) atoms. The fraction of sp³-hybridized carbons (Fsp3) is 0.235. The Morgan fingerprint density at radius 3 is 2.42 bits per heavy atom. The summed E-state index contributed by atoms with van der Waals surface area (Å²) in [4.78, 5) is 2.35. The van der Waals surface area contributed by atoms with Crippen molar-refractivity contribution >= 4 is 32.2 Å². The van der Waals surface area contributed by atoms with Gasteiger partial charge in [-0.05, 0) is 60.5 Å². The van der Waals surface area contributed by atoms with Gasteiger partial charge in [0.2, 0.25) is 0 Å². The molecule has 0 amide bonds. The normalized spacial score (nSPS) is 11.6. The van der Waals surface area contributed by atoms with E-state index in [2.05, 4.69) is 32.8 Å². The Bertz CT molecular complexity index is 772. The Hall–Kier alpha value is -1.86. The highest BCUT2D eigenvalue weighted by atomic mass is 79.9. The van der Waals surface area contributed by atoms with Gasteiger partial charge in [0.05, 0.1) is 17.7 Å². The van der Waals surface area contributed by atoms with E-state index in [0.717, 1.165) is 28.6 Å². The lowest BCUT2D eigenvalue weighted by Gasteiger charge is -2.05. The second-order valence-corrected chi connectivity index (χ2v) is 7.65. The summed E-state index contributed by atoms with van der Waals surface area (Å²) in [6, 6.07) is 13.6. The minimum Gasteiger partial charge on any atom is -0.494 e. The summed E-state index contributed by atoms with van der Waals surface area (Å²) in [5, 5.41) is 3.80. The Labute approximate surface area is 150 Å². The number of nitrogens with zero attached hydrogens (tertiary/aromatic N) is 1. The number of hydrazone groups is 1. The molecule has 128 valence electrons. The number of unbranched alkanes of at least 4 members (excludes halogenated alkanes) is 1. The number of benzene rings is 2. The molecule has 2 aromatic carbocycles. The summed E-state index contributed by atoms with van der Waals surface area (Å²) in [6.45, 7) is 2.80. The molecule has 0 aliphatic rings. The van der Waals surface area contributed by atoms with E-state index < -0.39 is 10.0 Å².